The summed E-state index contributed by atoms with van der Waals surface area (Å²) < 4.78 is 28.1. The van der Waals surface area contributed by atoms with Crippen molar-refractivity contribution in [2.45, 2.75) is 11.3 Å². The quantitative estimate of drug-likeness (QED) is 0.893. The minimum Gasteiger partial charge on any atom is -0.492 e. The second-order valence-corrected chi connectivity index (χ2v) is 8.26. The lowest BCUT2D eigenvalue weighted by atomic mass is 10.0. The fourth-order valence-electron chi connectivity index (χ4n) is 2.17. The Morgan fingerprint density at radius 3 is 2.84 bits per heavy atom. The van der Waals surface area contributed by atoms with Gasteiger partial charge in [0.05, 0.1) is 17.0 Å². The zero-order chi connectivity index (χ0) is 13.9. The largest absolute Gasteiger partial charge is 0.492 e. The zero-order valence-electron chi connectivity index (χ0n) is 11.1. The molecule has 0 amide bonds. The molecule has 0 aromatic heterocycles. The molecule has 0 saturated carbocycles. The van der Waals surface area contributed by atoms with Gasteiger partial charge in [-0.1, -0.05) is 18.2 Å². The summed E-state index contributed by atoms with van der Waals surface area (Å²) in [4.78, 5) is 0. The lowest BCUT2D eigenvalue weighted by molar-refractivity contribution is 0.265. The van der Waals surface area contributed by atoms with Crippen molar-refractivity contribution in [3.8, 4) is 5.75 Å². The van der Waals surface area contributed by atoms with Crippen LogP contribution in [0.3, 0.4) is 0 Å². The summed E-state index contributed by atoms with van der Waals surface area (Å²) in [5.74, 6) is 1.74. The highest BCUT2D eigenvalue weighted by Gasteiger charge is 2.29. The van der Waals surface area contributed by atoms with Gasteiger partial charge in [-0.25, -0.2) is 8.42 Å². The Morgan fingerprint density at radius 1 is 1.42 bits per heavy atom. The van der Waals surface area contributed by atoms with E-state index in [4.69, 9.17) is 4.74 Å². The third-order valence-electron chi connectivity index (χ3n) is 3.13. The van der Waals surface area contributed by atoms with Crippen LogP contribution in [-0.4, -0.2) is 45.1 Å². The molecule has 1 heterocycles. The first kappa shape index (κ1) is 14.7. The lowest BCUT2D eigenvalue weighted by Gasteiger charge is -2.33. The molecule has 6 heteroatoms. The first-order chi connectivity index (χ1) is 9.01. The topological polar surface area (TPSA) is 55.4 Å². The van der Waals surface area contributed by atoms with Gasteiger partial charge in [0.2, 0.25) is 0 Å². The molecule has 1 aromatic rings. The Labute approximate surface area is 118 Å². The standard InChI is InChI=1S/C13H19NO3S2/c1-14-13-10-5-3-4-6-11(10)17-9-12(13)18-7-8-19(2,15)16/h3-6,12-14H,7-9H2,1-2H3. The Kier molecular flexibility index (Phi) is 4.76. The van der Waals surface area contributed by atoms with Crippen molar-refractivity contribution in [1.82, 2.24) is 5.32 Å². The van der Waals surface area contributed by atoms with Gasteiger partial charge in [-0.05, 0) is 13.1 Å². The number of ether oxygens (including phenoxy) is 1. The minimum atomic E-state index is -2.89. The molecule has 106 valence electrons. The highest BCUT2D eigenvalue weighted by molar-refractivity contribution is 8.01. The second-order valence-electron chi connectivity index (χ2n) is 4.65. The van der Waals surface area contributed by atoms with Gasteiger partial charge in [0.15, 0.2) is 0 Å². The first-order valence-corrected chi connectivity index (χ1v) is 9.30. The lowest BCUT2D eigenvalue weighted by Crippen LogP contribution is -2.36. The highest BCUT2D eigenvalue weighted by Crippen LogP contribution is 2.36. The SMILES string of the molecule is CNC1c2ccccc2OCC1SCCS(C)(=O)=O. The van der Waals surface area contributed by atoms with E-state index in [0.29, 0.717) is 12.4 Å². The minimum absolute atomic E-state index is 0.203. The number of hydrogen-bond donors (Lipinski definition) is 1. The van der Waals surface area contributed by atoms with Crippen LogP contribution in [0.5, 0.6) is 5.75 Å². The van der Waals surface area contributed by atoms with E-state index >= 15 is 0 Å². The van der Waals surface area contributed by atoms with Crippen LogP contribution < -0.4 is 10.1 Å². The number of para-hydroxylation sites is 1. The number of rotatable bonds is 5. The van der Waals surface area contributed by atoms with E-state index in [2.05, 4.69) is 11.4 Å². The number of nitrogens with one attached hydrogen (secondary N) is 1. The van der Waals surface area contributed by atoms with Crippen molar-refractivity contribution in [3.05, 3.63) is 29.8 Å². The van der Waals surface area contributed by atoms with Crippen LogP contribution in [0.25, 0.3) is 0 Å². The van der Waals surface area contributed by atoms with Crippen LogP contribution in [-0.2, 0) is 9.84 Å². The Morgan fingerprint density at radius 2 is 2.16 bits per heavy atom. The van der Waals surface area contributed by atoms with E-state index in [1.807, 2.05) is 25.2 Å². The average Bonchev–Trinajstić information content (AvgIpc) is 2.37. The van der Waals surface area contributed by atoms with E-state index < -0.39 is 9.84 Å². The van der Waals surface area contributed by atoms with Gasteiger partial charge in [0.1, 0.15) is 22.2 Å². The van der Waals surface area contributed by atoms with Crippen LogP contribution in [0.1, 0.15) is 11.6 Å². The Bertz CT molecular complexity index is 530. The fourth-order valence-corrected chi connectivity index (χ4v) is 4.71. The van der Waals surface area contributed by atoms with Gasteiger partial charge >= 0.3 is 0 Å². The normalized spacial score (nSPS) is 22.6. The predicted octanol–water partition coefficient (Wildman–Crippen LogP) is 1.49. The summed E-state index contributed by atoms with van der Waals surface area (Å²) in [6, 6.07) is 8.19. The van der Waals surface area contributed by atoms with Crippen molar-refractivity contribution >= 4 is 21.6 Å². The molecule has 1 aliphatic heterocycles. The molecule has 1 aromatic carbocycles. The monoisotopic (exact) mass is 301 g/mol. The number of sulfone groups is 1. The summed E-state index contributed by atoms with van der Waals surface area (Å²) in [5.41, 5.74) is 1.15. The maximum Gasteiger partial charge on any atom is 0.148 e. The van der Waals surface area contributed by atoms with Gasteiger partial charge in [0.25, 0.3) is 0 Å². The van der Waals surface area contributed by atoms with Crippen LogP contribution >= 0.6 is 11.8 Å². The van der Waals surface area contributed by atoms with Crippen LogP contribution in [0.4, 0.5) is 0 Å². The van der Waals surface area contributed by atoms with E-state index in [9.17, 15) is 8.42 Å². The molecule has 0 spiro atoms. The van der Waals surface area contributed by atoms with Gasteiger partial charge in [0, 0.05) is 17.6 Å². The van der Waals surface area contributed by atoms with Crippen LogP contribution in [0.2, 0.25) is 0 Å². The molecule has 2 rings (SSSR count). The summed E-state index contributed by atoms with van der Waals surface area (Å²) in [5, 5.41) is 3.55. The maximum atomic E-state index is 11.2. The Balaban J connectivity index is 2.03. The maximum absolute atomic E-state index is 11.2. The zero-order valence-corrected chi connectivity index (χ0v) is 12.8. The number of benzene rings is 1. The third kappa shape index (κ3) is 3.87. The number of thioether (sulfide) groups is 1. The molecule has 0 fully saturated rings. The third-order valence-corrected chi connectivity index (χ3v) is 5.61. The van der Waals surface area contributed by atoms with E-state index in [-0.39, 0.29) is 17.0 Å². The molecule has 2 atom stereocenters. The van der Waals surface area contributed by atoms with E-state index in [1.54, 1.807) is 11.8 Å². The van der Waals surface area contributed by atoms with Crippen molar-refractivity contribution in [2.75, 3.05) is 31.4 Å². The molecule has 19 heavy (non-hydrogen) atoms. The summed E-state index contributed by atoms with van der Waals surface area (Å²) in [6.07, 6.45) is 1.27. The number of hydrogen-bond acceptors (Lipinski definition) is 5. The van der Waals surface area contributed by atoms with Crippen molar-refractivity contribution in [3.63, 3.8) is 0 Å². The van der Waals surface area contributed by atoms with Crippen LogP contribution in [0, 0.1) is 0 Å². The second kappa shape index (κ2) is 6.15. The molecule has 1 aliphatic rings. The van der Waals surface area contributed by atoms with Crippen LogP contribution in [0.15, 0.2) is 24.3 Å². The molecule has 0 radical (unpaired) electrons. The fraction of sp³-hybridized carbons (Fsp3) is 0.538. The van der Waals surface area contributed by atoms with Crippen molar-refractivity contribution in [1.29, 1.82) is 0 Å². The summed E-state index contributed by atoms with van der Waals surface area (Å²) >= 11 is 1.65. The average molecular weight is 301 g/mol. The molecule has 0 bridgehead atoms. The molecule has 2 unspecified atom stereocenters. The molecule has 0 aliphatic carbocycles. The molecule has 0 saturated heterocycles. The molecule has 4 nitrogen and oxygen atoms in total. The molecular formula is C13H19NO3S2. The molecular weight excluding hydrogens is 282 g/mol. The first-order valence-electron chi connectivity index (χ1n) is 6.19. The van der Waals surface area contributed by atoms with Gasteiger partial charge in [-0.3, -0.25) is 0 Å². The smallest absolute Gasteiger partial charge is 0.148 e. The van der Waals surface area contributed by atoms with Gasteiger partial charge < -0.3 is 10.1 Å². The molecule has 1 N–H and O–H groups in total. The summed E-state index contributed by atoms with van der Waals surface area (Å²) in [6.45, 7) is 0.608. The number of fused-ring (bicyclic) bond motifs is 1. The van der Waals surface area contributed by atoms with E-state index in [0.717, 1.165) is 11.3 Å². The summed E-state index contributed by atoms with van der Waals surface area (Å²) in [7, 11) is -0.964. The van der Waals surface area contributed by atoms with Gasteiger partial charge in [-0.15, -0.1) is 0 Å². The highest BCUT2D eigenvalue weighted by atomic mass is 32.2. The van der Waals surface area contributed by atoms with Crippen molar-refractivity contribution in [2.24, 2.45) is 0 Å². The van der Waals surface area contributed by atoms with E-state index in [1.165, 1.54) is 6.26 Å². The Hall–Kier alpha value is -0.720. The van der Waals surface area contributed by atoms with Gasteiger partial charge in [-0.2, -0.15) is 11.8 Å². The van der Waals surface area contributed by atoms with Crippen molar-refractivity contribution < 1.29 is 13.2 Å². The predicted molar refractivity (Wildman–Crippen MR) is 79.7 cm³/mol.